The molecule has 0 aliphatic carbocycles. The fourth-order valence-corrected chi connectivity index (χ4v) is 3.86. The van der Waals surface area contributed by atoms with Crippen LogP contribution in [0.2, 0.25) is 0 Å². The monoisotopic (exact) mass is 332 g/mol. The van der Waals surface area contributed by atoms with E-state index >= 15 is 0 Å². The molecule has 3 N–H and O–H groups in total. The first-order valence-electron chi connectivity index (χ1n) is 6.63. The van der Waals surface area contributed by atoms with E-state index in [1.807, 2.05) is 0 Å². The van der Waals surface area contributed by atoms with Gasteiger partial charge in [0.15, 0.2) is 0 Å². The zero-order valence-electron chi connectivity index (χ0n) is 11.7. The summed E-state index contributed by atoms with van der Waals surface area (Å²) in [7, 11) is 0. The van der Waals surface area contributed by atoms with Crippen molar-refractivity contribution in [3.05, 3.63) is 20.8 Å². The highest BCUT2D eigenvalue weighted by atomic mass is 79.9. The minimum atomic E-state index is 0.279. The van der Waals surface area contributed by atoms with Crippen molar-refractivity contribution >= 4 is 27.3 Å². The summed E-state index contributed by atoms with van der Waals surface area (Å²) in [5.41, 5.74) is 5.88. The number of nitrogens with two attached hydrogens (primary N) is 1. The van der Waals surface area contributed by atoms with Crippen molar-refractivity contribution in [3.8, 4) is 0 Å². The Morgan fingerprint density at radius 2 is 1.89 bits per heavy atom. The molecule has 0 fully saturated rings. The highest BCUT2D eigenvalue weighted by Gasteiger charge is 2.19. The second kappa shape index (κ2) is 7.63. The molecule has 0 radical (unpaired) electrons. The molecule has 0 aliphatic heterocycles. The van der Waals surface area contributed by atoms with Gasteiger partial charge in [0.05, 0.1) is 6.04 Å². The third kappa shape index (κ3) is 4.65. The smallest absolute Gasteiger partial charge is 0.0539 e. The van der Waals surface area contributed by atoms with E-state index in [0.29, 0.717) is 24.3 Å². The van der Waals surface area contributed by atoms with E-state index in [2.05, 4.69) is 60.4 Å². The third-order valence-electron chi connectivity index (χ3n) is 3.48. The van der Waals surface area contributed by atoms with Crippen molar-refractivity contribution in [2.24, 2.45) is 23.5 Å². The van der Waals surface area contributed by atoms with Gasteiger partial charge in [0, 0.05) is 21.3 Å². The topological polar surface area (TPSA) is 38.0 Å². The van der Waals surface area contributed by atoms with Gasteiger partial charge < -0.3 is 11.1 Å². The molecule has 4 heteroatoms. The van der Waals surface area contributed by atoms with E-state index in [0.717, 1.165) is 11.0 Å². The average Bonchev–Trinajstić information content (AvgIpc) is 2.70. The molecule has 0 amide bonds. The lowest BCUT2D eigenvalue weighted by atomic mass is 9.85. The van der Waals surface area contributed by atoms with Crippen LogP contribution in [0.3, 0.4) is 0 Å². The van der Waals surface area contributed by atoms with Crippen molar-refractivity contribution in [3.63, 3.8) is 0 Å². The molecule has 0 saturated carbocycles. The first-order chi connectivity index (χ1) is 8.45. The molecule has 2 nitrogen and oxygen atoms in total. The van der Waals surface area contributed by atoms with E-state index in [-0.39, 0.29) is 6.04 Å². The molecule has 0 bridgehead atoms. The molecule has 0 saturated heterocycles. The zero-order valence-corrected chi connectivity index (χ0v) is 14.1. The maximum atomic E-state index is 5.88. The lowest BCUT2D eigenvalue weighted by Crippen LogP contribution is -2.35. The molecule has 104 valence electrons. The molecule has 1 aromatic rings. The lowest BCUT2D eigenvalue weighted by Gasteiger charge is -2.27. The van der Waals surface area contributed by atoms with E-state index in [1.165, 1.54) is 4.88 Å². The van der Waals surface area contributed by atoms with Gasteiger partial charge in [-0.15, -0.1) is 11.3 Å². The summed E-state index contributed by atoms with van der Waals surface area (Å²) in [6.45, 7) is 10.9. The normalized spacial score (nSPS) is 13.8. The van der Waals surface area contributed by atoms with E-state index in [4.69, 9.17) is 5.73 Å². The van der Waals surface area contributed by atoms with Crippen molar-refractivity contribution in [1.29, 1.82) is 0 Å². The van der Waals surface area contributed by atoms with Crippen LogP contribution in [0.25, 0.3) is 0 Å². The maximum absolute atomic E-state index is 5.88. The Bertz CT molecular complexity index is 341. The van der Waals surface area contributed by atoms with Gasteiger partial charge in [0.25, 0.3) is 0 Å². The van der Waals surface area contributed by atoms with Crippen LogP contribution < -0.4 is 11.1 Å². The summed E-state index contributed by atoms with van der Waals surface area (Å²) in [6, 6.07) is 2.44. The second-order valence-electron chi connectivity index (χ2n) is 5.52. The molecular formula is C14H25BrN2S. The first-order valence-corrected chi connectivity index (χ1v) is 8.30. The summed E-state index contributed by atoms with van der Waals surface area (Å²) in [4.78, 5) is 1.32. The minimum Gasteiger partial charge on any atom is -0.329 e. The predicted octanol–water partition coefficient (Wildman–Crippen LogP) is 4.03. The van der Waals surface area contributed by atoms with E-state index in [9.17, 15) is 0 Å². The van der Waals surface area contributed by atoms with Gasteiger partial charge in [0.2, 0.25) is 0 Å². The van der Waals surface area contributed by atoms with Crippen molar-refractivity contribution < 1.29 is 0 Å². The Kier molecular flexibility index (Phi) is 6.85. The Hall–Kier alpha value is 0.1000. The first kappa shape index (κ1) is 16.2. The molecule has 18 heavy (non-hydrogen) atoms. The average molecular weight is 333 g/mol. The van der Waals surface area contributed by atoms with Crippen LogP contribution in [0, 0.1) is 17.8 Å². The maximum Gasteiger partial charge on any atom is 0.0539 e. The summed E-state index contributed by atoms with van der Waals surface area (Å²) in [5.74, 6) is 2.10. The second-order valence-corrected chi connectivity index (χ2v) is 7.37. The molecule has 0 aromatic carbocycles. The third-order valence-corrected chi connectivity index (χ3v) is 5.29. The van der Waals surface area contributed by atoms with Gasteiger partial charge >= 0.3 is 0 Å². The summed E-state index contributed by atoms with van der Waals surface area (Å²) < 4.78 is 1.15. The Morgan fingerprint density at radius 3 is 2.28 bits per heavy atom. The van der Waals surface area contributed by atoms with E-state index < -0.39 is 0 Å². The molecule has 1 heterocycles. The number of nitrogens with one attached hydrogen (secondary N) is 1. The van der Waals surface area contributed by atoms with Gasteiger partial charge in [-0.05, 0) is 46.3 Å². The zero-order chi connectivity index (χ0) is 13.7. The van der Waals surface area contributed by atoms with Gasteiger partial charge in [-0.3, -0.25) is 0 Å². The van der Waals surface area contributed by atoms with Crippen molar-refractivity contribution in [2.45, 2.75) is 33.7 Å². The molecule has 0 spiro atoms. The Morgan fingerprint density at radius 1 is 1.28 bits per heavy atom. The van der Waals surface area contributed by atoms with Crippen LogP contribution in [0.4, 0.5) is 0 Å². The number of thiophene rings is 1. The minimum absolute atomic E-state index is 0.279. The van der Waals surface area contributed by atoms with Crippen LogP contribution in [-0.2, 0) is 0 Å². The number of halogens is 1. The summed E-state index contributed by atoms with van der Waals surface area (Å²) in [6.07, 6.45) is 0. The molecule has 0 aliphatic rings. The molecule has 1 rings (SSSR count). The predicted molar refractivity (Wildman–Crippen MR) is 85.0 cm³/mol. The molecule has 1 atom stereocenters. The highest BCUT2D eigenvalue weighted by molar-refractivity contribution is 9.10. The fourth-order valence-electron chi connectivity index (χ4n) is 2.33. The Balaban J connectivity index is 2.59. The molecular weight excluding hydrogens is 308 g/mol. The summed E-state index contributed by atoms with van der Waals surface area (Å²) in [5, 5.41) is 5.74. The summed E-state index contributed by atoms with van der Waals surface area (Å²) >= 11 is 5.26. The number of rotatable bonds is 7. The van der Waals surface area contributed by atoms with E-state index in [1.54, 1.807) is 11.3 Å². The van der Waals surface area contributed by atoms with Gasteiger partial charge in [-0.2, -0.15) is 0 Å². The quantitative estimate of drug-likeness (QED) is 0.791. The number of hydrogen-bond donors (Lipinski definition) is 2. The molecule has 1 aromatic heterocycles. The SMILES string of the molecule is CC(C)C(CNC(CN)c1cc(Br)cs1)C(C)C. The van der Waals surface area contributed by atoms with Crippen LogP contribution >= 0.6 is 27.3 Å². The highest BCUT2D eigenvalue weighted by Crippen LogP contribution is 2.26. The molecule has 1 unspecified atom stereocenters. The van der Waals surface area contributed by atoms with Gasteiger partial charge in [-0.25, -0.2) is 0 Å². The largest absolute Gasteiger partial charge is 0.329 e. The number of hydrogen-bond acceptors (Lipinski definition) is 3. The van der Waals surface area contributed by atoms with Crippen molar-refractivity contribution in [2.75, 3.05) is 13.1 Å². The fraction of sp³-hybridized carbons (Fsp3) is 0.714. The standard InChI is InChI=1S/C14H25BrN2S/c1-9(2)12(10(3)4)7-17-13(6-16)14-5-11(15)8-18-14/h5,8-10,12-13,17H,6-7,16H2,1-4H3. The van der Waals surface area contributed by atoms with Crippen LogP contribution in [0.5, 0.6) is 0 Å². The van der Waals surface area contributed by atoms with Gasteiger partial charge in [-0.1, -0.05) is 27.7 Å². The lowest BCUT2D eigenvalue weighted by molar-refractivity contribution is 0.267. The van der Waals surface area contributed by atoms with Gasteiger partial charge in [0.1, 0.15) is 0 Å². The van der Waals surface area contributed by atoms with Crippen LogP contribution in [0.15, 0.2) is 15.9 Å². The van der Waals surface area contributed by atoms with Crippen molar-refractivity contribution in [1.82, 2.24) is 5.32 Å². The van der Waals surface area contributed by atoms with Crippen LogP contribution in [-0.4, -0.2) is 13.1 Å². The Labute approximate surface area is 123 Å². The van der Waals surface area contributed by atoms with Crippen LogP contribution in [0.1, 0.15) is 38.6 Å².